The molecule has 3 rings (SSSR count). The number of carbonyl (C=O) groups is 2. The minimum Gasteiger partial charge on any atom is -0.488 e. The number of carboxylic acid groups (broad SMARTS) is 1. The Bertz CT molecular complexity index is 1090. The van der Waals surface area contributed by atoms with Crippen molar-refractivity contribution in [1.29, 1.82) is 0 Å². The van der Waals surface area contributed by atoms with Gasteiger partial charge in [-0.15, -0.1) is 0 Å². The number of aromatic carboxylic acids is 1. The van der Waals surface area contributed by atoms with Crippen molar-refractivity contribution in [3.63, 3.8) is 0 Å². The van der Waals surface area contributed by atoms with Crippen LogP contribution in [0.1, 0.15) is 31.8 Å². The van der Waals surface area contributed by atoms with E-state index in [1.807, 2.05) is 49.3 Å². The predicted octanol–water partition coefficient (Wildman–Crippen LogP) is 3.79. The first-order chi connectivity index (χ1) is 14.9. The second kappa shape index (κ2) is 10.1. The number of carboxylic acids is 1. The van der Waals surface area contributed by atoms with Gasteiger partial charge >= 0.3 is 5.97 Å². The average molecular weight is 417 g/mol. The summed E-state index contributed by atoms with van der Waals surface area (Å²) >= 11 is 0. The Morgan fingerprint density at radius 3 is 2.45 bits per heavy atom. The molecule has 158 valence electrons. The minimum atomic E-state index is -0.968. The lowest BCUT2D eigenvalue weighted by atomic mass is 10.1. The molecule has 7 nitrogen and oxygen atoms in total. The monoisotopic (exact) mass is 417 g/mol. The lowest BCUT2D eigenvalue weighted by Crippen LogP contribution is -2.18. The summed E-state index contributed by atoms with van der Waals surface area (Å²) in [6.07, 6.45) is 1.52. The topological polar surface area (TPSA) is 91.2 Å². The minimum absolute atomic E-state index is 0.225. The van der Waals surface area contributed by atoms with Gasteiger partial charge in [0.05, 0.1) is 11.8 Å². The quantitative estimate of drug-likeness (QED) is 0.430. The smallest absolute Gasteiger partial charge is 0.335 e. The Morgan fingerprint density at radius 1 is 1.00 bits per heavy atom. The fourth-order valence-electron chi connectivity index (χ4n) is 2.77. The highest BCUT2D eigenvalue weighted by molar-refractivity contribution is 5.96. The highest BCUT2D eigenvalue weighted by atomic mass is 16.5. The van der Waals surface area contributed by atoms with Gasteiger partial charge in [0.15, 0.2) is 0 Å². The zero-order chi connectivity index (χ0) is 22.2. The fraction of sp³-hybridized carbons (Fsp3) is 0.125. The van der Waals surface area contributed by atoms with Gasteiger partial charge in [0.2, 0.25) is 0 Å². The molecule has 0 saturated heterocycles. The maximum Gasteiger partial charge on any atom is 0.335 e. The van der Waals surface area contributed by atoms with E-state index in [0.717, 1.165) is 11.3 Å². The summed E-state index contributed by atoms with van der Waals surface area (Å²) in [5, 5.41) is 13.0. The third-order valence-electron chi connectivity index (χ3n) is 4.51. The zero-order valence-corrected chi connectivity index (χ0v) is 17.3. The van der Waals surface area contributed by atoms with Crippen molar-refractivity contribution >= 4 is 23.8 Å². The molecule has 0 saturated carbocycles. The SMILES string of the molecule is CN(C)c1cccc(C(=O)NN=Cc2ccccc2OCc2ccc(C(=O)O)cc2)c1. The van der Waals surface area contributed by atoms with Gasteiger partial charge in [-0.1, -0.05) is 30.3 Å². The Hall–Kier alpha value is -4.13. The number of anilines is 1. The van der Waals surface area contributed by atoms with E-state index < -0.39 is 5.97 Å². The van der Waals surface area contributed by atoms with Crippen LogP contribution in [0.3, 0.4) is 0 Å². The van der Waals surface area contributed by atoms with Crippen LogP contribution in [0.2, 0.25) is 0 Å². The maximum absolute atomic E-state index is 12.4. The first-order valence-electron chi connectivity index (χ1n) is 9.59. The zero-order valence-electron chi connectivity index (χ0n) is 17.3. The largest absolute Gasteiger partial charge is 0.488 e. The van der Waals surface area contributed by atoms with Gasteiger partial charge in [-0.3, -0.25) is 4.79 Å². The molecule has 0 atom stereocenters. The molecule has 0 heterocycles. The number of ether oxygens (including phenoxy) is 1. The number of nitrogens with zero attached hydrogens (tertiary/aromatic N) is 2. The summed E-state index contributed by atoms with van der Waals surface area (Å²) in [6.45, 7) is 0.272. The summed E-state index contributed by atoms with van der Waals surface area (Å²) in [4.78, 5) is 25.2. The summed E-state index contributed by atoms with van der Waals surface area (Å²) < 4.78 is 5.85. The van der Waals surface area contributed by atoms with Crippen LogP contribution < -0.4 is 15.1 Å². The van der Waals surface area contributed by atoms with Crippen LogP contribution in [-0.4, -0.2) is 37.3 Å². The molecular weight excluding hydrogens is 394 g/mol. The Balaban J connectivity index is 1.63. The third kappa shape index (κ3) is 5.93. The van der Waals surface area contributed by atoms with Crippen LogP contribution in [0, 0.1) is 0 Å². The number of rotatable bonds is 8. The molecule has 0 aliphatic rings. The van der Waals surface area contributed by atoms with Gasteiger partial charge < -0.3 is 14.7 Å². The molecule has 0 aliphatic heterocycles. The number of benzene rings is 3. The molecule has 2 N–H and O–H groups in total. The van der Waals surface area contributed by atoms with E-state index in [1.165, 1.54) is 18.3 Å². The summed E-state index contributed by atoms with van der Waals surface area (Å²) in [5.41, 5.74) is 5.73. The molecule has 3 aromatic rings. The fourth-order valence-corrected chi connectivity index (χ4v) is 2.77. The third-order valence-corrected chi connectivity index (χ3v) is 4.51. The van der Waals surface area contributed by atoms with E-state index in [9.17, 15) is 9.59 Å². The molecule has 0 fully saturated rings. The van der Waals surface area contributed by atoms with E-state index in [1.54, 1.807) is 30.3 Å². The van der Waals surface area contributed by atoms with Crippen LogP contribution in [0.5, 0.6) is 5.75 Å². The number of hydrogen-bond acceptors (Lipinski definition) is 5. The maximum atomic E-state index is 12.4. The summed E-state index contributed by atoms with van der Waals surface area (Å²) in [7, 11) is 3.82. The van der Waals surface area contributed by atoms with E-state index in [0.29, 0.717) is 16.9 Å². The van der Waals surface area contributed by atoms with E-state index in [2.05, 4.69) is 10.5 Å². The molecule has 0 aliphatic carbocycles. The molecular formula is C24H23N3O4. The van der Waals surface area contributed by atoms with Crippen molar-refractivity contribution in [2.75, 3.05) is 19.0 Å². The van der Waals surface area contributed by atoms with E-state index in [-0.39, 0.29) is 18.1 Å². The van der Waals surface area contributed by atoms with Crippen molar-refractivity contribution in [2.24, 2.45) is 5.10 Å². The molecule has 0 spiro atoms. The van der Waals surface area contributed by atoms with E-state index in [4.69, 9.17) is 9.84 Å². The average Bonchev–Trinajstić information content (AvgIpc) is 2.78. The Morgan fingerprint density at radius 2 is 1.74 bits per heavy atom. The molecule has 31 heavy (non-hydrogen) atoms. The first-order valence-corrected chi connectivity index (χ1v) is 9.59. The molecule has 0 radical (unpaired) electrons. The van der Waals surface area contributed by atoms with Gasteiger partial charge in [-0.2, -0.15) is 5.10 Å². The second-order valence-electron chi connectivity index (χ2n) is 6.97. The lowest BCUT2D eigenvalue weighted by molar-refractivity contribution is 0.0696. The number of hydrazone groups is 1. The van der Waals surface area contributed by atoms with Crippen molar-refractivity contribution in [3.05, 3.63) is 95.1 Å². The highest BCUT2D eigenvalue weighted by Crippen LogP contribution is 2.18. The molecule has 0 bridgehead atoms. The Kier molecular flexibility index (Phi) is 7.01. The van der Waals surface area contributed by atoms with Crippen LogP contribution in [0.25, 0.3) is 0 Å². The van der Waals surface area contributed by atoms with Crippen molar-refractivity contribution in [2.45, 2.75) is 6.61 Å². The van der Waals surface area contributed by atoms with Crippen molar-refractivity contribution in [3.8, 4) is 5.75 Å². The van der Waals surface area contributed by atoms with Gasteiger partial charge in [-0.25, -0.2) is 10.2 Å². The number of para-hydroxylation sites is 1. The van der Waals surface area contributed by atoms with Gasteiger partial charge in [-0.05, 0) is 48.0 Å². The number of amides is 1. The standard InChI is InChI=1S/C24H23N3O4/c1-27(2)21-8-5-7-19(14-21)23(28)26-25-15-20-6-3-4-9-22(20)31-16-17-10-12-18(13-11-17)24(29)30/h3-15H,16H2,1-2H3,(H,26,28)(H,29,30). The molecule has 0 unspecified atom stereocenters. The van der Waals surface area contributed by atoms with Crippen LogP contribution in [-0.2, 0) is 6.61 Å². The van der Waals surface area contributed by atoms with Crippen molar-refractivity contribution < 1.29 is 19.4 Å². The van der Waals surface area contributed by atoms with E-state index >= 15 is 0 Å². The number of hydrogen-bond donors (Lipinski definition) is 2. The summed E-state index contributed by atoms with van der Waals surface area (Å²) in [5.74, 6) is -0.682. The number of nitrogens with one attached hydrogen (secondary N) is 1. The van der Waals surface area contributed by atoms with Gasteiger partial charge in [0.1, 0.15) is 12.4 Å². The lowest BCUT2D eigenvalue weighted by Gasteiger charge is -2.13. The second-order valence-corrected chi connectivity index (χ2v) is 6.97. The molecule has 3 aromatic carbocycles. The predicted molar refractivity (Wildman–Crippen MR) is 120 cm³/mol. The molecule has 7 heteroatoms. The molecule has 1 amide bonds. The van der Waals surface area contributed by atoms with Crippen LogP contribution in [0.4, 0.5) is 5.69 Å². The van der Waals surface area contributed by atoms with Crippen molar-refractivity contribution in [1.82, 2.24) is 5.43 Å². The molecule has 0 aromatic heterocycles. The van der Waals surface area contributed by atoms with Gasteiger partial charge in [0.25, 0.3) is 5.91 Å². The van der Waals surface area contributed by atoms with Crippen LogP contribution in [0.15, 0.2) is 77.9 Å². The Labute approximate surface area is 180 Å². The summed E-state index contributed by atoms with van der Waals surface area (Å²) in [6, 6.07) is 21.1. The highest BCUT2D eigenvalue weighted by Gasteiger charge is 2.07. The normalized spacial score (nSPS) is 10.6. The number of carbonyl (C=O) groups excluding carboxylic acids is 1. The van der Waals surface area contributed by atoms with Gasteiger partial charge in [0, 0.05) is 30.9 Å². The first kappa shape index (κ1) is 21.6. The van der Waals surface area contributed by atoms with Crippen LogP contribution >= 0.6 is 0 Å².